The Bertz CT molecular complexity index is 1960. The molecule has 0 radical (unpaired) electrons. The number of rotatable bonds is 13. The molecule has 4 aromatic carbocycles. The number of carbonyl (C=O) groups is 2. The van der Waals surface area contributed by atoms with Gasteiger partial charge in [-0.15, -0.1) is 0 Å². The first-order chi connectivity index (χ1) is 27.0. The lowest BCUT2D eigenvalue weighted by molar-refractivity contribution is -0.153. The topological polar surface area (TPSA) is 145 Å². The number of benzene rings is 4. The van der Waals surface area contributed by atoms with E-state index in [2.05, 4.69) is 0 Å². The predicted molar refractivity (Wildman–Crippen MR) is 202 cm³/mol. The van der Waals surface area contributed by atoms with Crippen molar-refractivity contribution in [1.82, 2.24) is 0 Å². The largest absolute Gasteiger partial charge is 0.493 e. The van der Waals surface area contributed by atoms with Crippen molar-refractivity contribution in [2.75, 3.05) is 56.9 Å². The lowest BCUT2D eigenvalue weighted by atomic mass is 9.84. The van der Waals surface area contributed by atoms with E-state index in [1.807, 2.05) is 24.3 Å². The molecule has 0 saturated carbocycles. The number of carbonyl (C=O) groups excluding carboxylic acids is 2. The normalized spacial score (nSPS) is 18.1. The molecule has 6 rings (SSSR count). The van der Waals surface area contributed by atoms with Crippen LogP contribution in [0.4, 0.5) is 0 Å². The minimum absolute atomic E-state index is 0.204. The Kier molecular flexibility index (Phi) is 11.8. The molecule has 4 aromatic rings. The fourth-order valence-electron chi connectivity index (χ4n) is 7.42. The summed E-state index contributed by atoms with van der Waals surface area (Å²) in [6.45, 7) is 2.70. The van der Waals surface area contributed by atoms with Gasteiger partial charge in [-0.1, -0.05) is 12.1 Å². The third kappa shape index (κ3) is 7.30. The summed E-state index contributed by atoms with van der Waals surface area (Å²) in [5.41, 5.74) is 3.96. The minimum atomic E-state index is -0.787. The van der Waals surface area contributed by atoms with Crippen LogP contribution in [0.2, 0.25) is 0 Å². The van der Waals surface area contributed by atoms with Crippen LogP contribution in [0.15, 0.2) is 48.5 Å². The van der Waals surface area contributed by atoms with Crippen LogP contribution >= 0.6 is 0 Å². The highest BCUT2D eigenvalue weighted by Crippen LogP contribution is 2.56. The van der Waals surface area contributed by atoms with Crippen LogP contribution in [0.1, 0.15) is 48.3 Å². The average molecular weight is 775 g/mol. The molecule has 0 saturated heterocycles. The summed E-state index contributed by atoms with van der Waals surface area (Å²) in [5, 5.41) is 0. The first-order valence-electron chi connectivity index (χ1n) is 17.7. The van der Waals surface area contributed by atoms with E-state index in [4.69, 9.17) is 56.8 Å². The van der Waals surface area contributed by atoms with Gasteiger partial charge in [0.1, 0.15) is 12.2 Å². The van der Waals surface area contributed by atoms with Gasteiger partial charge < -0.3 is 56.8 Å². The molecule has 2 aliphatic heterocycles. The Balaban J connectivity index is 1.58. The number of methoxy groups -OCH3 is 8. The van der Waals surface area contributed by atoms with E-state index in [0.29, 0.717) is 90.9 Å². The molecule has 14 nitrogen and oxygen atoms in total. The van der Waals surface area contributed by atoms with Crippen LogP contribution in [-0.4, -0.2) is 81.0 Å². The van der Waals surface area contributed by atoms with E-state index in [9.17, 15) is 9.59 Å². The third-order valence-corrected chi connectivity index (χ3v) is 9.83. The van der Waals surface area contributed by atoms with Gasteiger partial charge >= 0.3 is 11.9 Å². The number of ether oxygens (including phenoxy) is 12. The zero-order valence-corrected chi connectivity index (χ0v) is 33.1. The van der Waals surface area contributed by atoms with Gasteiger partial charge in [0.05, 0.1) is 56.9 Å². The van der Waals surface area contributed by atoms with Crippen molar-refractivity contribution < 1.29 is 66.4 Å². The quantitative estimate of drug-likeness (QED) is 0.134. The highest BCUT2D eigenvalue weighted by molar-refractivity contribution is 5.83. The van der Waals surface area contributed by atoms with Crippen molar-refractivity contribution in [3.05, 3.63) is 70.8 Å². The first-order valence-corrected chi connectivity index (χ1v) is 17.7. The molecule has 0 aliphatic carbocycles. The van der Waals surface area contributed by atoms with Crippen LogP contribution in [0.25, 0.3) is 11.1 Å². The molecule has 2 aliphatic rings. The maximum atomic E-state index is 12.6. The summed E-state index contributed by atoms with van der Waals surface area (Å²) < 4.78 is 71.3. The van der Waals surface area contributed by atoms with Gasteiger partial charge in [-0.25, -0.2) is 0 Å². The highest BCUT2D eigenvalue weighted by Gasteiger charge is 2.42. The first kappa shape index (κ1) is 39.5. The molecule has 4 atom stereocenters. The molecule has 298 valence electrons. The van der Waals surface area contributed by atoms with Gasteiger partial charge in [0, 0.05) is 48.9 Å². The van der Waals surface area contributed by atoms with E-state index in [1.54, 1.807) is 38.5 Å². The van der Waals surface area contributed by atoms with Crippen LogP contribution < -0.4 is 47.4 Å². The zero-order chi connectivity index (χ0) is 40.3. The smallest absolute Gasteiger partial charge is 0.303 e. The second-order valence-electron chi connectivity index (χ2n) is 12.9. The number of hydrogen-bond acceptors (Lipinski definition) is 14. The van der Waals surface area contributed by atoms with Crippen molar-refractivity contribution >= 4 is 11.9 Å². The molecule has 4 unspecified atom stereocenters. The molecule has 0 N–H and O–H groups in total. The molecule has 2 heterocycles. The molecule has 0 aromatic heterocycles. The Morgan fingerprint density at radius 1 is 0.482 bits per heavy atom. The monoisotopic (exact) mass is 774 g/mol. The van der Waals surface area contributed by atoms with Crippen molar-refractivity contribution in [2.24, 2.45) is 0 Å². The standard InChI is InChI=1S/C42H46O14/c1-21(43)53-35-19-27-25(17-33(49-7)41(51-9)39(27)55-37(35)23-11-13-29(45-3)31(15-23)47-5)26-18-34(50-8)42(52-10)40-28(26)20-36(54-22(2)44)38(56-40)24-12-14-30(46-4)32(16-24)48-6/h11-18,35-38H,19-20H2,1-10H3. The lowest BCUT2D eigenvalue weighted by Gasteiger charge is -2.37. The van der Waals surface area contributed by atoms with Crippen LogP contribution in [0.5, 0.6) is 57.5 Å². The molecule has 56 heavy (non-hydrogen) atoms. The summed E-state index contributed by atoms with van der Waals surface area (Å²) in [5.74, 6) is 3.22. The second-order valence-corrected chi connectivity index (χ2v) is 12.9. The fraction of sp³-hybridized carbons (Fsp3) is 0.381. The molecular formula is C42H46O14. The molecule has 0 spiro atoms. The number of esters is 2. The summed E-state index contributed by atoms with van der Waals surface area (Å²) in [4.78, 5) is 25.3. The van der Waals surface area contributed by atoms with Gasteiger partial charge in [0.2, 0.25) is 11.5 Å². The van der Waals surface area contributed by atoms with E-state index in [-0.39, 0.29) is 12.8 Å². The Labute approximate surface area is 325 Å². The maximum Gasteiger partial charge on any atom is 0.303 e. The summed E-state index contributed by atoms with van der Waals surface area (Å²) in [6, 6.07) is 14.4. The SMILES string of the molecule is COc1ccc(C2Oc3c(c(-c4cc(OC)c(OC)c5c4CC(OC(C)=O)C(c4ccc(OC)c(OC)c4)O5)cc(OC)c3OC)CC2OC(C)=O)cc1OC. The minimum Gasteiger partial charge on any atom is -0.493 e. The second kappa shape index (κ2) is 16.7. The molecular weight excluding hydrogens is 728 g/mol. The summed E-state index contributed by atoms with van der Waals surface area (Å²) >= 11 is 0. The summed E-state index contributed by atoms with van der Waals surface area (Å²) in [6.07, 6.45) is -2.72. The predicted octanol–water partition coefficient (Wildman–Crippen LogP) is 6.64. The lowest BCUT2D eigenvalue weighted by Crippen LogP contribution is -2.35. The average Bonchev–Trinajstić information content (AvgIpc) is 3.20. The summed E-state index contributed by atoms with van der Waals surface area (Å²) in [7, 11) is 12.3. The van der Waals surface area contributed by atoms with E-state index in [0.717, 1.165) is 0 Å². The van der Waals surface area contributed by atoms with Crippen LogP contribution in [0, 0.1) is 0 Å². The van der Waals surface area contributed by atoms with E-state index in [1.165, 1.54) is 56.5 Å². The molecule has 14 heteroatoms. The van der Waals surface area contributed by atoms with Crippen LogP contribution in [-0.2, 0) is 31.9 Å². The number of hydrogen-bond donors (Lipinski definition) is 0. The van der Waals surface area contributed by atoms with Crippen molar-refractivity contribution in [2.45, 2.75) is 51.1 Å². The zero-order valence-electron chi connectivity index (χ0n) is 33.1. The Morgan fingerprint density at radius 2 is 0.839 bits per heavy atom. The fourth-order valence-corrected chi connectivity index (χ4v) is 7.42. The third-order valence-electron chi connectivity index (χ3n) is 9.83. The van der Waals surface area contributed by atoms with Gasteiger partial charge in [-0.3, -0.25) is 9.59 Å². The van der Waals surface area contributed by atoms with Gasteiger partial charge in [-0.2, -0.15) is 0 Å². The van der Waals surface area contributed by atoms with Crippen LogP contribution in [0.3, 0.4) is 0 Å². The van der Waals surface area contributed by atoms with Crippen molar-refractivity contribution in [1.29, 1.82) is 0 Å². The molecule has 0 amide bonds. The van der Waals surface area contributed by atoms with E-state index < -0.39 is 36.4 Å². The van der Waals surface area contributed by atoms with Crippen molar-refractivity contribution in [3.63, 3.8) is 0 Å². The van der Waals surface area contributed by atoms with Gasteiger partial charge in [0.15, 0.2) is 58.2 Å². The maximum absolute atomic E-state index is 12.6. The number of fused-ring (bicyclic) bond motifs is 2. The Morgan fingerprint density at radius 3 is 1.14 bits per heavy atom. The highest BCUT2D eigenvalue weighted by atomic mass is 16.6. The van der Waals surface area contributed by atoms with Gasteiger partial charge in [0.25, 0.3) is 0 Å². The van der Waals surface area contributed by atoms with Crippen molar-refractivity contribution in [3.8, 4) is 68.6 Å². The van der Waals surface area contributed by atoms with E-state index >= 15 is 0 Å². The Hall–Kier alpha value is -6.18. The molecule has 0 bridgehead atoms. The van der Waals surface area contributed by atoms with Gasteiger partial charge in [-0.05, 0) is 47.5 Å². The molecule has 0 fully saturated rings.